The summed E-state index contributed by atoms with van der Waals surface area (Å²) in [5, 5.41) is 11.7. The average molecular weight is 240 g/mol. The minimum absolute atomic E-state index is 0.396. The van der Waals surface area contributed by atoms with Crippen LogP contribution in [0.4, 0.5) is 0 Å². The maximum Gasteiger partial charge on any atom is 0.280 e. The van der Waals surface area contributed by atoms with Crippen LogP contribution in [-0.2, 0) is 12.3 Å². The van der Waals surface area contributed by atoms with Crippen molar-refractivity contribution < 1.29 is 4.52 Å². The number of aromatic nitrogens is 5. The van der Waals surface area contributed by atoms with Gasteiger partial charge in [-0.25, -0.2) is 0 Å². The second-order valence-electron chi connectivity index (χ2n) is 3.10. The van der Waals surface area contributed by atoms with Gasteiger partial charge in [-0.05, 0) is 6.26 Å². The molecule has 8 heteroatoms. The van der Waals surface area contributed by atoms with E-state index in [0.717, 1.165) is 5.75 Å². The van der Waals surface area contributed by atoms with E-state index in [0.29, 0.717) is 30.5 Å². The van der Waals surface area contributed by atoms with E-state index < -0.39 is 0 Å². The average Bonchev–Trinajstić information content (AvgIpc) is 2.87. The van der Waals surface area contributed by atoms with Gasteiger partial charge in [-0.3, -0.25) is 4.68 Å². The molecule has 2 rings (SSSR count). The molecule has 0 atom stereocenters. The Bertz CT molecular complexity index is 411. The molecule has 2 N–H and O–H groups in total. The quantitative estimate of drug-likeness (QED) is 0.794. The van der Waals surface area contributed by atoms with Crippen molar-refractivity contribution >= 4 is 11.8 Å². The van der Waals surface area contributed by atoms with Gasteiger partial charge in [0.25, 0.3) is 5.89 Å². The Morgan fingerprint density at radius 1 is 1.56 bits per heavy atom. The van der Waals surface area contributed by atoms with Gasteiger partial charge in [0.1, 0.15) is 0 Å². The number of nitrogens with zero attached hydrogens (tertiary/aromatic N) is 5. The summed E-state index contributed by atoms with van der Waals surface area (Å²) in [5.74, 6) is 1.78. The molecular formula is C8H12N6OS. The van der Waals surface area contributed by atoms with Crippen LogP contribution in [0, 0.1) is 0 Å². The van der Waals surface area contributed by atoms with Crippen molar-refractivity contribution in [1.29, 1.82) is 0 Å². The Morgan fingerprint density at radius 2 is 2.44 bits per heavy atom. The normalized spacial score (nSPS) is 10.9. The van der Waals surface area contributed by atoms with Crippen LogP contribution in [0.2, 0.25) is 0 Å². The zero-order chi connectivity index (χ0) is 11.4. The fourth-order valence-corrected chi connectivity index (χ4v) is 1.56. The van der Waals surface area contributed by atoms with E-state index in [1.807, 2.05) is 6.26 Å². The van der Waals surface area contributed by atoms with E-state index >= 15 is 0 Å². The predicted molar refractivity (Wildman–Crippen MR) is 59.6 cm³/mol. The molecule has 86 valence electrons. The van der Waals surface area contributed by atoms with Crippen molar-refractivity contribution in [2.24, 2.45) is 5.73 Å². The molecule has 0 aliphatic rings. The summed E-state index contributed by atoms with van der Waals surface area (Å²) in [7, 11) is 0. The van der Waals surface area contributed by atoms with Gasteiger partial charge >= 0.3 is 0 Å². The van der Waals surface area contributed by atoms with E-state index in [1.54, 1.807) is 22.6 Å². The van der Waals surface area contributed by atoms with Crippen molar-refractivity contribution in [3.63, 3.8) is 0 Å². The molecule has 7 nitrogen and oxygen atoms in total. The minimum Gasteiger partial charge on any atom is -0.332 e. The van der Waals surface area contributed by atoms with Crippen LogP contribution < -0.4 is 5.73 Å². The van der Waals surface area contributed by atoms with Gasteiger partial charge in [0, 0.05) is 6.54 Å². The largest absolute Gasteiger partial charge is 0.332 e. The molecule has 0 aliphatic carbocycles. The number of thioether (sulfide) groups is 1. The van der Waals surface area contributed by atoms with Crippen molar-refractivity contribution in [2.75, 3.05) is 12.8 Å². The number of rotatable bonds is 5. The summed E-state index contributed by atoms with van der Waals surface area (Å²) in [5.41, 5.74) is 5.99. The smallest absolute Gasteiger partial charge is 0.280 e. The summed E-state index contributed by atoms with van der Waals surface area (Å²) >= 11 is 1.63. The predicted octanol–water partition coefficient (Wildman–Crippen LogP) is 0.150. The van der Waals surface area contributed by atoms with Crippen molar-refractivity contribution in [3.05, 3.63) is 12.0 Å². The topological polar surface area (TPSA) is 95.7 Å². The monoisotopic (exact) mass is 240 g/mol. The fraction of sp³-hybridized carbons (Fsp3) is 0.500. The standard InChI is InChI=1S/C8H12N6OS/c1-16-5-7-10-8(15-12-7)6-4-14(3-2-9)13-11-6/h4H,2-3,5,9H2,1H3. The molecule has 0 unspecified atom stereocenters. The third-order valence-electron chi connectivity index (χ3n) is 1.86. The molecule has 16 heavy (non-hydrogen) atoms. The third kappa shape index (κ3) is 2.39. The highest BCUT2D eigenvalue weighted by Gasteiger charge is 2.11. The SMILES string of the molecule is CSCc1noc(-c2cn(CCN)nn2)n1. The number of hydrogen-bond donors (Lipinski definition) is 1. The van der Waals surface area contributed by atoms with Crippen LogP contribution in [0.15, 0.2) is 10.7 Å². The summed E-state index contributed by atoms with van der Waals surface area (Å²) in [4.78, 5) is 4.20. The van der Waals surface area contributed by atoms with Gasteiger partial charge in [-0.2, -0.15) is 16.7 Å². The van der Waals surface area contributed by atoms with E-state index in [9.17, 15) is 0 Å². The molecular weight excluding hydrogens is 228 g/mol. The molecule has 2 heterocycles. The van der Waals surface area contributed by atoms with E-state index in [2.05, 4.69) is 20.5 Å². The van der Waals surface area contributed by atoms with Gasteiger partial charge in [0.2, 0.25) is 0 Å². The molecule has 0 bridgehead atoms. The Labute approximate surface area is 96.4 Å². The first kappa shape index (κ1) is 11.1. The fourth-order valence-electron chi connectivity index (χ4n) is 1.18. The molecule has 0 aromatic carbocycles. The zero-order valence-electron chi connectivity index (χ0n) is 8.83. The Morgan fingerprint density at radius 3 is 3.19 bits per heavy atom. The van der Waals surface area contributed by atoms with Crippen LogP contribution >= 0.6 is 11.8 Å². The minimum atomic E-state index is 0.396. The summed E-state index contributed by atoms with van der Waals surface area (Å²) in [6.07, 6.45) is 3.72. The lowest BCUT2D eigenvalue weighted by atomic mass is 10.5. The highest BCUT2D eigenvalue weighted by Crippen LogP contribution is 2.14. The molecule has 0 aliphatic heterocycles. The van der Waals surface area contributed by atoms with E-state index in [4.69, 9.17) is 10.3 Å². The van der Waals surface area contributed by atoms with Gasteiger partial charge in [-0.1, -0.05) is 10.4 Å². The van der Waals surface area contributed by atoms with Crippen molar-refractivity contribution in [3.8, 4) is 11.6 Å². The van der Waals surface area contributed by atoms with Gasteiger partial charge in [0.15, 0.2) is 11.5 Å². The zero-order valence-corrected chi connectivity index (χ0v) is 9.65. The van der Waals surface area contributed by atoms with Crippen LogP contribution in [0.3, 0.4) is 0 Å². The van der Waals surface area contributed by atoms with E-state index in [1.165, 1.54) is 0 Å². The maximum absolute atomic E-state index is 5.41. The maximum atomic E-state index is 5.41. The first-order valence-corrected chi connectivity index (χ1v) is 6.15. The molecule has 2 aromatic rings. The lowest BCUT2D eigenvalue weighted by Crippen LogP contribution is -2.10. The summed E-state index contributed by atoms with van der Waals surface area (Å²) in [6.45, 7) is 1.14. The lowest BCUT2D eigenvalue weighted by Gasteiger charge is -1.91. The highest BCUT2D eigenvalue weighted by atomic mass is 32.2. The number of hydrogen-bond acceptors (Lipinski definition) is 7. The molecule has 0 radical (unpaired) electrons. The van der Waals surface area contributed by atoms with Crippen LogP contribution in [0.1, 0.15) is 5.82 Å². The Hall–Kier alpha value is -1.41. The van der Waals surface area contributed by atoms with Crippen LogP contribution in [0.25, 0.3) is 11.6 Å². The van der Waals surface area contributed by atoms with Crippen LogP contribution in [0.5, 0.6) is 0 Å². The summed E-state index contributed by atoms with van der Waals surface area (Å²) in [6, 6.07) is 0. The summed E-state index contributed by atoms with van der Waals surface area (Å²) < 4.78 is 6.72. The molecule has 0 saturated carbocycles. The Balaban J connectivity index is 2.14. The number of nitrogens with two attached hydrogens (primary N) is 1. The van der Waals surface area contributed by atoms with Gasteiger partial charge in [0.05, 0.1) is 18.5 Å². The first-order chi connectivity index (χ1) is 7.83. The molecule has 0 fully saturated rings. The molecule has 0 saturated heterocycles. The third-order valence-corrected chi connectivity index (χ3v) is 2.40. The second-order valence-corrected chi connectivity index (χ2v) is 3.97. The first-order valence-electron chi connectivity index (χ1n) is 4.75. The lowest BCUT2D eigenvalue weighted by molar-refractivity contribution is 0.424. The Kier molecular flexibility index (Phi) is 3.52. The van der Waals surface area contributed by atoms with E-state index in [-0.39, 0.29) is 0 Å². The molecule has 0 spiro atoms. The molecule has 2 aromatic heterocycles. The van der Waals surface area contributed by atoms with Gasteiger partial charge < -0.3 is 10.3 Å². The van der Waals surface area contributed by atoms with Crippen LogP contribution in [-0.4, -0.2) is 37.9 Å². The van der Waals surface area contributed by atoms with Crippen molar-refractivity contribution in [1.82, 2.24) is 25.1 Å². The second kappa shape index (κ2) is 5.08. The molecule has 0 amide bonds. The highest BCUT2D eigenvalue weighted by molar-refractivity contribution is 7.97. The van der Waals surface area contributed by atoms with Crippen molar-refractivity contribution in [2.45, 2.75) is 12.3 Å². The van der Waals surface area contributed by atoms with Gasteiger partial charge in [-0.15, -0.1) is 5.10 Å².